The summed E-state index contributed by atoms with van der Waals surface area (Å²) in [4.78, 5) is 12.3. The Morgan fingerprint density at radius 3 is 2.46 bits per heavy atom. The highest BCUT2D eigenvalue weighted by atomic mass is 32.2. The van der Waals surface area contributed by atoms with Crippen molar-refractivity contribution >= 4 is 39.5 Å². The Bertz CT molecular complexity index is 844. The quantitative estimate of drug-likeness (QED) is 0.612. The molecular weight excluding hydrogens is 344 g/mol. The fourth-order valence-electron chi connectivity index (χ4n) is 1.91. The maximum absolute atomic E-state index is 12.4. The second kappa shape index (κ2) is 8.03. The summed E-state index contributed by atoms with van der Waals surface area (Å²) in [6.45, 7) is 0. The van der Waals surface area contributed by atoms with Crippen LogP contribution in [-0.4, -0.2) is 27.6 Å². The third-order valence-electron chi connectivity index (χ3n) is 3.19. The van der Waals surface area contributed by atoms with Gasteiger partial charge in [-0.1, -0.05) is 18.2 Å². The topological polar surface area (TPSA) is 75.3 Å². The Morgan fingerprint density at radius 1 is 1.12 bits per heavy atom. The minimum atomic E-state index is -3.65. The summed E-state index contributed by atoms with van der Waals surface area (Å²) in [6, 6.07) is 13.5. The van der Waals surface area contributed by atoms with Gasteiger partial charge in [-0.2, -0.15) is 0 Å². The summed E-state index contributed by atoms with van der Waals surface area (Å²) < 4.78 is 27.4. The Labute approximate surface area is 146 Å². The van der Waals surface area contributed by atoms with Crippen molar-refractivity contribution in [2.45, 2.75) is 9.79 Å². The summed E-state index contributed by atoms with van der Waals surface area (Å²) in [5.74, 6) is -0.220. The number of nitrogens with one attached hydrogen (secondary N) is 2. The van der Waals surface area contributed by atoms with Gasteiger partial charge in [0.15, 0.2) is 0 Å². The zero-order valence-corrected chi connectivity index (χ0v) is 14.9. The number of anilines is 1. The fourth-order valence-corrected chi connectivity index (χ4v) is 3.42. The molecule has 1 amide bonds. The average molecular weight is 362 g/mol. The molecule has 0 bridgehead atoms. The van der Waals surface area contributed by atoms with Crippen molar-refractivity contribution in [2.24, 2.45) is 0 Å². The highest BCUT2D eigenvalue weighted by molar-refractivity contribution is 7.98. The molecule has 2 aromatic carbocycles. The molecule has 0 spiro atoms. The first-order chi connectivity index (χ1) is 11.4. The fraction of sp³-hybridized carbons (Fsp3) is 0.118. The molecule has 0 aliphatic rings. The number of carbonyl (C=O) groups is 1. The SMILES string of the molecule is CNC(=O)/C=C/c1ccc(S(=O)(=O)Nc2cccc(SC)c2)cc1. The van der Waals surface area contributed by atoms with E-state index in [2.05, 4.69) is 10.0 Å². The third kappa shape index (κ3) is 4.87. The molecule has 0 atom stereocenters. The second-order valence-corrected chi connectivity index (χ2v) is 7.42. The molecule has 2 rings (SSSR count). The van der Waals surface area contributed by atoms with Gasteiger partial charge in [-0.05, 0) is 48.2 Å². The van der Waals surface area contributed by atoms with E-state index in [1.807, 2.05) is 12.3 Å². The minimum Gasteiger partial charge on any atom is -0.356 e. The number of thioether (sulfide) groups is 1. The van der Waals surface area contributed by atoms with Crippen molar-refractivity contribution in [1.82, 2.24) is 5.32 Å². The van der Waals surface area contributed by atoms with E-state index in [9.17, 15) is 13.2 Å². The molecule has 0 radical (unpaired) electrons. The van der Waals surface area contributed by atoms with Crippen LogP contribution in [0.5, 0.6) is 0 Å². The number of sulfonamides is 1. The van der Waals surface area contributed by atoms with Crippen LogP contribution in [0.2, 0.25) is 0 Å². The van der Waals surface area contributed by atoms with Crippen LogP contribution in [0.3, 0.4) is 0 Å². The van der Waals surface area contributed by atoms with Crippen LogP contribution in [0.4, 0.5) is 5.69 Å². The molecule has 0 aliphatic carbocycles. The average Bonchev–Trinajstić information content (AvgIpc) is 2.59. The normalized spacial score (nSPS) is 11.4. The number of rotatable bonds is 6. The largest absolute Gasteiger partial charge is 0.356 e. The Kier molecular flexibility index (Phi) is 6.05. The van der Waals surface area contributed by atoms with Crippen molar-refractivity contribution in [3.8, 4) is 0 Å². The molecule has 126 valence electrons. The van der Waals surface area contributed by atoms with E-state index in [1.165, 1.54) is 18.2 Å². The molecule has 0 aliphatic heterocycles. The van der Waals surface area contributed by atoms with E-state index in [1.54, 1.807) is 55.2 Å². The lowest BCUT2D eigenvalue weighted by Crippen LogP contribution is -2.14. The molecular formula is C17H18N2O3S2. The van der Waals surface area contributed by atoms with Crippen molar-refractivity contribution in [2.75, 3.05) is 18.0 Å². The third-order valence-corrected chi connectivity index (χ3v) is 5.31. The number of likely N-dealkylation sites (N-methyl/N-ethyl adjacent to an activating group) is 1. The van der Waals surface area contributed by atoms with Crippen LogP contribution >= 0.6 is 11.8 Å². The van der Waals surface area contributed by atoms with Crippen LogP contribution in [-0.2, 0) is 14.8 Å². The van der Waals surface area contributed by atoms with E-state index in [4.69, 9.17) is 0 Å². The summed E-state index contributed by atoms with van der Waals surface area (Å²) in [5.41, 5.74) is 1.26. The predicted octanol–water partition coefficient (Wildman–Crippen LogP) is 2.97. The zero-order valence-electron chi connectivity index (χ0n) is 13.3. The van der Waals surface area contributed by atoms with Gasteiger partial charge < -0.3 is 5.32 Å². The number of hydrogen-bond acceptors (Lipinski definition) is 4. The monoisotopic (exact) mass is 362 g/mol. The van der Waals surface area contributed by atoms with Crippen molar-refractivity contribution < 1.29 is 13.2 Å². The first-order valence-corrected chi connectivity index (χ1v) is 9.82. The zero-order chi connectivity index (χ0) is 17.6. The van der Waals surface area contributed by atoms with Gasteiger partial charge in [0.25, 0.3) is 10.0 Å². The van der Waals surface area contributed by atoms with E-state index >= 15 is 0 Å². The highest BCUT2D eigenvalue weighted by Crippen LogP contribution is 2.22. The van der Waals surface area contributed by atoms with Crippen molar-refractivity contribution in [3.63, 3.8) is 0 Å². The molecule has 0 fully saturated rings. The second-order valence-electron chi connectivity index (χ2n) is 4.85. The predicted molar refractivity (Wildman–Crippen MR) is 98.6 cm³/mol. The van der Waals surface area contributed by atoms with E-state index < -0.39 is 10.0 Å². The van der Waals surface area contributed by atoms with Gasteiger partial charge in [0, 0.05) is 23.7 Å². The molecule has 0 aromatic heterocycles. The molecule has 0 heterocycles. The van der Waals surface area contributed by atoms with Gasteiger partial charge in [0.1, 0.15) is 0 Å². The number of carbonyl (C=O) groups excluding carboxylic acids is 1. The molecule has 5 nitrogen and oxygen atoms in total. The summed E-state index contributed by atoms with van der Waals surface area (Å²) >= 11 is 1.54. The van der Waals surface area contributed by atoms with E-state index in [0.717, 1.165) is 10.5 Å². The smallest absolute Gasteiger partial charge is 0.261 e. The lowest BCUT2D eigenvalue weighted by atomic mass is 10.2. The van der Waals surface area contributed by atoms with Crippen LogP contribution < -0.4 is 10.0 Å². The molecule has 2 aromatic rings. The highest BCUT2D eigenvalue weighted by Gasteiger charge is 2.14. The van der Waals surface area contributed by atoms with Gasteiger partial charge in [0.2, 0.25) is 5.91 Å². The molecule has 0 saturated heterocycles. The molecule has 2 N–H and O–H groups in total. The molecule has 7 heteroatoms. The maximum Gasteiger partial charge on any atom is 0.261 e. The molecule has 0 saturated carbocycles. The summed E-state index contributed by atoms with van der Waals surface area (Å²) in [6.07, 6.45) is 4.93. The van der Waals surface area contributed by atoms with Crippen molar-refractivity contribution in [3.05, 3.63) is 60.2 Å². The van der Waals surface area contributed by atoms with E-state index in [-0.39, 0.29) is 10.8 Å². The van der Waals surface area contributed by atoms with Gasteiger partial charge in [-0.15, -0.1) is 11.8 Å². The Hall–Kier alpha value is -2.25. The molecule has 24 heavy (non-hydrogen) atoms. The van der Waals surface area contributed by atoms with Crippen molar-refractivity contribution in [1.29, 1.82) is 0 Å². The van der Waals surface area contributed by atoms with Crippen LogP contribution in [0.1, 0.15) is 5.56 Å². The van der Waals surface area contributed by atoms with Gasteiger partial charge in [-0.3, -0.25) is 9.52 Å². The lowest BCUT2D eigenvalue weighted by molar-refractivity contribution is -0.115. The lowest BCUT2D eigenvalue weighted by Gasteiger charge is -2.09. The Morgan fingerprint density at radius 2 is 1.83 bits per heavy atom. The maximum atomic E-state index is 12.4. The minimum absolute atomic E-state index is 0.161. The molecule has 0 unspecified atom stereocenters. The van der Waals surface area contributed by atoms with Gasteiger partial charge in [-0.25, -0.2) is 8.42 Å². The standard InChI is InChI=1S/C17H18N2O3S2/c1-18-17(20)11-8-13-6-9-16(10-7-13)24(21,22)19-14-4-3-5-15(12-14)23-2/h3-12,19H,1-2H3,(H,18,20)/b11-8+. The van der Waals surface area contributed by atoms with Crippen LogP contribution in [0.25, 0.3) is 6.08 Å². The van der Waals surface area contributed by atoms with Gasteiger partial charge >= 0.3 is 0 Å². The first-order valence-electron chi connectivity index (χ1n) is 7.11. The Balaban J connectivity index is 2.17. The van der Waals surface area contributed by atoms with E-state index in [0.29, 0.717) is 5.69 Å². The van der Waals surface area contributed by atoms with Crippen LogP contribution in [0.15, 0.2) is 64.4 Å². The van der Waals surface area contributed by atoms with Crippen LogP contribution in [0, 0.1) is 0 Å². The number of benzene rings is 2. The number of amides is 1. The first kappa shape index (κ1) is 18.1. The summed E-state index contributed by atoms with van der Waals surface area (Å²) in [7, 11) is -2.11. The summed E-state index contributed by atoms with van der Waals surface area (Å²) in [5, 5.41) is 2.47. The number of hydrogen-bond donors (Lipinski definition) is 2. The van der Waals surface area contributed by atoms with Gasteiger partial charge in [0.05, 0.1) is 4.90 Å².